The number of nitrogens with zero attached hydrogens (tertiary/aromatic N) is 1. The van der Waals surface area contributed by atoms with E-state index in [1.807, 2.05) is 6.07 Å². The highest BCUT2D eigenvalue weighted by Gasteiger charge is 2.21. The summed E-state index contributed by atoms with van der Waals surface area (Å²) in [5.41, 5.74) is 7.40. The number of aldehydes is 1. The molecule has 1 aliphatic heterocycles. The van der Waals surface area contributed by atoms with Gasteiger partial charge in [0.15, 0.2) is 6.29 Å². The first-order chi connectivity index (χ1) is 7.20. The topological polar surface area (TPSA) is 46.3 Å². The fourth-order valence-electron chi connectivity index (χ4n) is 1.91. The van der Waals surface area contributed by atoms with Crippen LogP contribution in [0.1, 0.15) is 16.8 Å². The standard InChI is InChI=1S/C11H13ClN2O/c12-9-1-2-11(8(5-9)7-15)14-4-3-10(13)6-14/h1-2,5,7,10H,3-4,6,13H2/t10-/m1/s1. The summed E-state index contributed by atoms with van der Waals surface area (Å²) in [5, 5.41) is 0.587. The molecule has 2 rings (SSSR count). The van der Waals surface area contributed by atoms with Crippen molar-refractivity contribution in [3.8, 4) is 0 Å². The lowest BCUT2D eigenvalue weighted by molar-refractivity contribution is 0.112. The second-order valence-corrected chi connectivity index (χ2v) is 4.25. The molecule has 1 aliphatic rings. The zero-order valence-electron chi connectivity index (χ0n) is 8.32. The second kappa shape index (κ2) is 4.21. The summed E-state index contributed by atoms with van der Waals surface area (Å²) in [5.74, 6) is 0. The van der Waals surface area contributed by atoms with E-state index in [0.717, 1.165) is 31.5 Å². The van der Waals surface area contributed by atoms with Gasteiger partial charge in [0.1, 0.15) is 0 Å². The van der Waals surface area contributed by atoms with Crippen molar-refractivity contribution in [2.24, 2.45) is 5.73 Å². The van der Waals surface area contributed by atoms with Crippen LogP contribution >= 0.6 is 11.6 Å². The van der Waals surface area contributed by atoms with E-state index in [0.29, 0.717) is 10.6 Å². The van der Waals surface area contributed by atoms with Crippen LogP contribution in [0.15, 0.2) is 18.2 Å². The molecule has 3 nitrogen and oxygen atoms in total. The van der Waals surface area contributed by atoms with E-state index < -0.39 is 0 Å². The van der Waals surface area contributed by atoms with Crippen molar-refractivity contribution >= 4 is 23.6 Å². The zero-order chi connectivity index (χ0) is 10.8. The predicted octanol–water partition coefficient (Wildman–Crippen LogP) is 1.69. The van der Waals surface area contributed by atoms with Gasteiger partial charge >= 0.3 is 0 Å². The van der Waals surface area contributed by atoms with Crippen molar-refractivity contribution in [2.45, 2.75) is 12.5 Å². The first kappa shape index (κ1) is 10.5. The Morgan fingerprint density at radius 1 is 1.53 bits per heavy atom. The van der Waals surface area contributed by atoms with Crippen molar-refractivity contribution in [3.63, 3.8) is 0 Å². The van der Waals surface area contributed by atoms with Gasteiger partial charge in [0, 0.05) is 35.4 Å². The van der Waals surface area contributed by atoms with Gasteiger partial charge in [-0.15, -0.1) is 0 Å². The molecule has 0 spiro atoms. The van der Waals surface area contributed by atoms with Gasteiger partial charge in [0.25, 0.3) is 0 Å². The number of halogens is 1. The summed E-state index contributed by atoms with van der Waals surface area (Å²) in [4.78, 5) is 13.0. The van der Waals surface area contributed by atoms with Crippen LogP contribution in [0.3, 0.4) is 0 Å². The van der Waals surface area contributed by atoms with E-state index in [2.05, 4.69) is 4.90 Å². The molecule has 0 aliphatic carbocycles. The fourth-order valence-corrected chi connectivity index (χ4v) is 2.09. The molecule has 0 radical (unpaired) electrons. The van der Waals surface area contributed by atoms with Gasteiger partial charge in [-0.1, -0.05) is 11.6 Å². The van der Waals surface area contributed by atoms with Crippen LogP contribution in [0.5, 0.6) is 0 Å². The minimum atomic E-state index is 0.209. The van der Waals surface area contributed by atoms with Gasteiger partial charge in [-0.05, 0) is 24.6 Å². The van der Waals surface area contributed by atoms with Crippen LogP contribution in [0, 0.1) is 0 Å². The molecule has 2 N–H and O–H groups in total. The maximum absolute atomic E-state index is 10.9. The maximum Gasteiger partial charge on any atom is 0.152 e. The first-order valence-electron chi connectivity index (χ1n) is 4.96. The Morgan fingerprint density at radius 3 is 2.93 bits per heavy atom. The molecule has 80 valence electrons. The van der Waals surface area contributed by atoms with Gasteiger partial charge in [0.2, 0.25) is 0 Å². The van der Waals surface area contributed by atoms with Crippen molar-refractivity contribution < 1.29 is 4.79 Å². The smallest absolute Gasteiger partial charge is 0.152 e. The third-order valence-electron chi connectivity index (χ3n) is 2.68. The molecule has 4 heteroatoms. The van der Waals surface area contributed by atoms with Crippen LogP contribution in [-0.2, 0) is 0 Å². The summed E-state index contributed by atoms with van der Waals surface area (Å²) in [6.45, 7) is 1.71. The fraction of sp³-hybridized carbons (Fsp3) is 0.364. The number of carbonyl (C=O) groups is 1. The van der Waals surface area contributed by atoms with Crippen LogP contribution in [0.2, 0.25) is 5.02 Å². The van der Waals surface area contributed by atoms with Gasteiger partial charge in [-0.25, -0.2) is 0 Å². The number of rotatable bonds is 2. The highest BCUT2D eigenvalue weighted by atomic mass is 35.5. The quantitative estimate of drug-likeness (QED) is 0.778. The van der Waals surface area contributed by atoms with Gasteiger partial charge < -0.3 is 10.6 Å². The van der Waals surface area contributed by atoms with Crippen LogP contribution < -0.4 is 10.6 Å². The molecule has 0 aromatic heterocycles. The van der Waals surface area contributed by atoms with Crippen molar-refractivity contribution in [3.05, 3.63) is 28.8 Å². The molecule has 1 aromatic carbocycles. The van der Waals surface area contributed by atoms with E-state index in [9.17, 15) is 4.79 Å². The third kappa shape index (κ3) is 2.13. The summed E-state index contributed by atoms with van der Waals surface area (Å²) in [6.07, 6.45) is 1.81. The average Bonchev–Trinajstić information content (AvgIpc) is 2.64. The van der Waals surface area contributed by atoms with Gasteiger partial charge in [-0.2, -0.15) is 0 Å². The minimum absolute atomic E-state index is 0.209. The Labute approximate surface area is 93.8 Å². The normalized spacial score (nSPS) is 20.7. The number of nitrogens with two attached hydrogens (primary N) is 1. The number of hydrogen-bond acceptors (Lipinski definition) is 3. The van der Waals surface area contributed by atoms with E-state index in [-0.39, 0.29) is 6.04 Å². The van der Waals surface area contributed by atoms with Crippen molar-refractivity contribution in [2.75, 3.05) is 18.0 Å². The molecule has 0 unspecified atom stereocenters. The molecule has 0 amide bonds. The minimum Gasteiger partial charge on any atom is -0.369 e. The van der Waals surface area contributed by atoms with E-state index in [1.54, 1.807) is 12.1 Å². The van der Waals surface area contributed by atoms with Crippen LogP contribution in [0.25, 0.3) is 0 Å². The van der Waals surface area contributed by atoms with Crippen LogP contribution in [-0.4, -0.2) is 25.4 Å². The van der Waals surface area contributed by atoms with Crippen LogP contribution in [0.4, 0.5) is 5.69 Å². The number of anilines is 1. The highest BCUT2D eigenvalue weighted by Crippen LogP contribution is 2.25. The zero-order valence-corrected chi connectivity index (χ0v) is 9.07. The monoisotopic (exact) mass is 224 g/mol. The molecule has 0 bridgehead atoms. The lowest BCUT2D eigenvalue weighted by Crippen LogP contribution is -2.26. The largest absolute Gasteiger partial charge is 0.369 e. The Balaban J connectivity index is 2.31. The molecule has 0 saturated carbocycles. The van der Waals surface area contributed by atoms with Crippen molar-refractivity contribution in [1.82, 2.24) is 0 Å². The lowest BCUT2D eigenvalue weighted by Gasteiger charge is -2.19. The first-order valence-corrected chi connectivity index (χ1v) is 5.34. The summed E-state index contributed by atoms with van der Waals surface area (Å²) >= 11 is 5.83. The van der Waals surface area contributed by atoms with Gasteiger partial charge in [0.05, 0.1) is 0 Å². The maximum atomic E-state index is 10.9. The third-order valence-corrected chi connectivity index (χ3v) is 2.92. The Hall–Kier alpha value is -1.06. The van der Waals surface area contributed by atoms with E-state index in [1.165, 1.54) is 0 Å². The molecule has 1 heterocycles. The molecular formula is C11H13ClN2O. The number of carbonyl (C=O) groups excluding carboxylic acids is 1. The molecule has 15 heavy (non-hydrogen) atoms. The molecule has 1 aromatic rings. The molecule has 1 fully saturated rings. The Morgan fingerprint density at radius 2 is 2.33 bits per heavy atom. The van der Waals surface area contributed by atoms with E-state index >= 15 is 0 Å². The highest BCUT2D eigenvalue weighted by molar-refractivity contribution is 6.31. The van der Waals surface area contributed by atoms with E-state index in [4.69, 9.17) is 17.3 Å². The SMILES string of the molecule is N[C@@H]1CCN(c2ccc(Cl)cc2C=O)C1. The number of hydrogen-bond donors (Lipinski definition) is 1. The molecule has 1 atom stereocenters. The van der Waals surface area contributed by atoms with Crippen molar-refractivity contribution in [1.29, 1.82) is 0 Å². The summed E-state index contributed by atoms with van der Waals surface area (Å²) in [7, 11) is 0. The molecular weight excluding hydrogens is 212 g/mol. The lowest BCUT2D eigenvalue weighted by atomic mass is 10.2. The summed E-state index contributed by atoms with van der Waals surface area (Å²) < 4.78 is 0. The second-order valence-electron chi connectivity index (χ2n) is 3.82. The predicted molar refractivity (Wildman–Crippen MR) is 61.6 cm³/mol. The Bertz CT molecular complexity index is 381. The molecule has 1 saturated heterocycles. The Kier molecular flexibility index (Phi) is 2.93. The number of benzene rings is 1. The average molecular weight is 225 g/mol. The summed E-state index contributed by atoms with van der Waals surface area (Å²) in [6, 6.07) is 5.58. The van der Waals surface area contributed by atoms with Gasteiger partial charge in [-0.3, -0.25) is 4.79 Å².